The van der Waals surface area contributed by atoms with E-state index in [9.17, 15) is 21.6 Å². The number of nitrogens with one attached hydrogen (secondary N) is 1. The first kappa shape index (κ1) is 26.8. The van der Waals surface area contributed by atoms with E-state index in [1.807, 2.05) is 0 Å². The van der Waals surface area contributed by atoms with E-state index >= 15 is 0 Å². The third-order valence-corrected chi connectivity index (χ3v) is 11.0. The Morgan fingerprint density at radius 3 is 1.92 bits per heavy atom. The standard InChI is InChI=1S/C26H35N3O5S2/c1-20-13-17-29(18-14-20)36(33,34)24-10-7-21(2)25(19-24)26(30)27-22-8-11-23(12-9-22)35(31,32)28-15-5-3-4-6-16-28/h7-12,19-20H,3-6,13-18H2,1-2H3,(H,27,30). The van der Waals surface area contributed by atoms with E-state index in [1.54, 1.807) is 31.2 Å². The molecule has 2 aromatic rings. The van der Waals surface area contributed by atoms with Crippen LogP contribution in [-0.2, 0) is 20.0 Å². The van der Waals surface area contributed by atoms with E-state index in [0.717, 1.165) is 38.5 Å². The van der Waals surface area contributed by atoms with Gasteiger partial charge in [0, 0.05) is 37.4 Å². The van der Waals surface area contributed by atoms with Crippen LogP contribution in [-0.4, -0.2) is 57.5 Å². The summed E-state index contributed by atoms with van der Waals surface area (Å²) in [6.45, 7) is 5.88. The van der Waals surface area contributed by atoms with Gasteiger partial charge in [-0.05, 0) is 80.5 Å². The topological polar surface area (TPSA) is 104 Å². The Morgan fingerprint density at radius 1 is 0.778 bits per heavy atom. The van der Waals surface area contributed by atoms with Gasteiger partial charge in [0.2, 0.25) is 20.0 Å². The average Bonchev–Trinajstić information content (AvgIpc) is 3.15. The number of benzene rings is 2. The summed E-state index contributed by atoms with van der Waals surface area (Å²) in [7, 11) is -7.26. The zero-order valence-corrected chi connectivity index (χ0v) is 22.6. The van der Waals surface area contributed by atoms with Gasteiger partial charge in [-0.3, -0.25) is 4.79 Å². The van der Waals surface area contributed by atoms with Crippen LogP contribution in [0.15, 0.2) is 52.3 Å². The minimum absolute atomic E-state index is 0.103. The summed E-state index contributed by atoms with van der Waals surface area (Å²) < 4.78 is 55.3. The van der Waals surface area contributed by atoms with Crippen molar-refractivity contribution in [2.75, 3.05) is 31.5 Å². The molecule has 0 unspecified atom stereocenters. The van der Waals surface area contributed by atoms with Gasteiger partial charge in [0.1, 0.15) is 0 Å². The zero-order valence-electron chi connectivity index (χ0n) is 20.9. The van der Waals surface area contributed by atoms with E-state index in [0.29, 0.717) is 43.3 Å². The number of anilines is 1. The van der Waals surface area contributed by atoms with Crippen molar-refractivity contribution in [1.82, 2.24) is 8.61 Å². The molecule has 1 amide bonds. The molecule has 196 valence electrons. The van der Waals surface area contributed by atoms with Gasteiger partial charge >= 0.3 is 0 Å². The summed E-state index contributed by atoms with van der Waals surface area (Å²) in [5.74, 6) is 0.0569. The molecule has 10 heteroatoms. The highest BCUT2D eigenvalue weighted by atomic mass is 32.2. The van der Waals surface area contributed by atoms with Crippen molar-refractivity contribution in [3.63, 3.8) is 0 Å². The molecule has 1 N–H and O–H groups in total. The number of carbonyl (C=O) groups excluding carboxylic acids is 1. The molecule has 0 bridgehead atoms. The molecule has 2 saturated heterocycles. The molecule has 0 radical (unpaired) electrons. The quantitative estimate of drug-likeness (QED) is 0.598. The SMILES string of the molecule is Cc1ccc(S(=O)(=O)N2CCC(C)CC2)cc1C(=O)Nc1ccc(S(=O)(=O)N2CCCCCC2)cc1. The van der Waals surface area contributed by atoms with Crippen molar-refractivity contribution in [3.05, 3.63) is 53.6 Å². The lowest BCUT2D eigenvalue weighted by Gasteiger charge is -2.29. The number of hydrogen-bond acceptors (Lipinski definition) is 5. The highest BCUT2D eigenvalue weighted by Gasteiger charge is 2.29. The van der Waals surface area contributed by atoms with E-state index in [1.165, 1.54) is 26.8 Å². The minimum Gasteiger partial charge on any atom is -0.322 e. The number of nitrogens with zero attached hydrogens (tertiary/aromatic N) is 2. The van der Waals surface area contributed by atoms with Crippen molar-refractivity contribution in [3.8, 4) is 0 Å². The van der Waals surface area contributed by atoms with Gasteiger partial charge in [-0.15, -0.1) is 0 Å². The molecule has 2 aliphatic rings. The molecule has 8 nitrogen and oxygen atoms in total. The van der Waals surface area contributed by atoms with Crippen LogP contribution in [0.5, 0.6) is 0 Å². The Labute approximate surface area is 214 Å². The van der Waals surface area contributed by atoms with Gasteiger partial charge in [-0.1, -0.05) is 25.8 Å². The fraction of sp³-hybridized carbons (Fsp3) is 0.500. The smallest absolute Gasteiger partial charge is 0.255 e. The molecule has 0 aliphatic carbocycles. The molecule has 0 saturated carbocycles. The summed E-state index contributed by atoms with van der Waals surface area (Å²) >= 11 is 0. The highest BCUT2D eigenvalue weighted by molar-refractivity contribution is 7.89. The minimum atomic E-state index is -3.68. The van der Waals surface area contributed by atoms with Gasteiger partial charge in [0.25, 0.3) is 5.91 Å². The maximum absolute atomic E-state index is 13.2. The molecule has 0 aromatic heterocycles. The van der Waals surface area contributed by atoms with Crippen molar-refractivity contribution in [1.29, 1.82) is 0 Å². The normalized spacial score (nSPS) is 19.1. The summed E-state index contributed by atoms with van der Waals surface area (Å²) in [6.07, 6.45) is 5.44. The largest absolute Gasteiger partial charge is 0.322 e. The predicted octanol–water partition coefficient (Wildman–Crippen LogP) is 4.23. The molecule has 36 heavy (non-hydrogen) atoms. The summed E-state index contributed by atoms with van der Waals surface area (Å²) in [5.41, 5.74) is 1.36. The first-order valence-electron chi connectivity index (χ1n) is 12.6. The second kappa shape index (κ2) is 11.0. The average molecular weight is 534 g/mol. The molecule has 2 aromatic carbocycles. The first-order valence-corrected chi connectivity index (χ1v) is 15.5. The summed E-state index contributed by atoms with van der Waals surface area (Å²) in [6, 6.07) is 10.7. The van der Waals surface area contributed by atoms with Crippen molar-refractivity contribution < 1.29 is 21.6 Å². The van der Waals surface area contributed by atoms with Gasteiger partial charge in [0.05, 0.1) is 9.79 Å². The Morgan fingerprint density at radius 2 is 1.31 bits per heavy atom. The van der Waals surface area contributed by atoms with Crippen molar-refractivity contribution in [2.45, 2.75) is 62.2 Å². The van der Waals surface area contributed by atoms with Gasteiger partial charge in [0.15, 0.2) is 0 Å². The molecular formula is C26H35N3O5S2. The number of rotatable bonds is 6. The summed E-state index contributed by atoms with van der Waals surface area (Å²) in [4.78, 5) is 13.4. The number of sulfonamides is 2. The lowest BCUT2D eigenvalue weighted by Crippen LogP contribution is -2.38. The fourth-order valence-electron chi connectivity index (χ4n) is 4.72. The van der Waals surface area contributed by atoms with Crippen LogP contribution in [0.2, 0.25) is 0 Å². The maximum Gasteiger partial charge on any atom is 0.255 e. The number of hydrogen-bond donors (Lipinski definition) is 1. The van der Waals surface area contributed by atoms with Crippen LogP contribution in [0.1, 0.15) is 61.4 Å². The molecular weight excluding hydrogens is 498 g/mol. The number of aryl methyl sites for hydroxylation is 1. The van der Waals surface area contributed by atoms with E-state index < -0.39 is 26.0 Å². The van der Waals surface area contributed by atoms with Gasteiger partial charge < -0.3 is 5.32 Å². The van der Waals surface area contributed by atoms with Crippen LogP contribution in [0.3, 0.4) is 0 Å². The molecule has 4 rings (SSSR count). The molecule has 2 heterocycles. The van der Waals surface area contributed by atoms with Crippen LogP contribution in [0, 0.1) is 12.8 Å². The van der Waals surface area contributed by atoms with E-state index in [4.69, 9.17) is 0 Å². The Bertz CT molecular complexity index is 1290. The Kier molecular flexibility index (Phi) is 8.18. The van der Waals surface area contributed by atoms with Crippen LogP contribution in [0.4, 0.5) is 5.69 Å². The number of amides is 1. The first-order chi connectivity index (χ1) is 17.1. The molecule has 0 atom stereocenters. The Hall–Kier alpha value is -2.27. The molecule has 2 aliphatic heterocycles. The van der Waals surface area contributed by atoms with Crippen LogP contribution in [0.25, 0.3) is 0 Å². The fourth-order valence-corrected chi connectivity index (χ4v) is 7.73. The number of piperidine rings is 1. The Balaban J connectivity index is 1.49. The van der Waals surface area contributed by atoms with Crippen LogP contribution >= 0.6 is 0 Å². The van der Waals surface area contributed by atoms with E-state index in [-0.39, 0.29) is 15.4 Å². The van der Waals surface area contributed by atoms with Crippen molar-refractivity contribution in [2.24, 2.45) is 5.92 Å². The third kappa shape index (κ3) is 5.82. The van der Waals surface area contributed by atoms with Crippen LogP contribution < -0.4 is 5.32 Å². The highest BCUT2D eigenvalue weighted by Crippen LogP contribution is 2.26. The maximum atomic E-state index is 13.2. The lowest BCUT2D eigenvalue weighted by molar-refractivity contribution is 0.102. The van der Waals surface area contributed by atoms with Crippen molar-refractivity contribution >= 4 is 31.6 Å². The molecule has 0 spiro atoms. The lowest BCUT2D eigenvalue weighted by atomic mass is 10.0. The summed E-state index contributed by atoms with van der Waals surface area (Å²) in [5, 5.41) is 2.78. The second-order valence-corrected chi connectivity index (χ2v) is 13.7. The third-order valence-electron chi connectivity index (χ3n) is 7.15. The van der Waals surface area contributed by atoms with Gasteiger partial charge in [-0.2, -0.15) is 8.61 Å². The monoisotopic (exact) mass is 533 g/mol. The van der Waals surface area contributed by atoms with Gasteiger partial charge in [-0.25, -0.2) is 16.8 Å². The zero-order chi connectivity index (χ0) is 25.9. The number of carbonyl (C=O) groups is 1. The second-order valence-electron chi connectivity index (χ2n) is 9.86. The van der Waals surface area contributed by atoms with E-state index in [2.05, 4.69) is 12.2 Å². The predicted molar refractivity (Wildman–Crippen MR) is 140 cm³/mol. The molecule has 2 fully saturated rings.